The van der Waals surface area contributed by atoms with Crippen LogP contribution in [0.4, 0.5) is 4.39 Å². The largest absolute Gasteiger partial charge is 0.471 e. The van der Waals surface area contributed by atoms with Gasteiger partial charge in [0, 0.05) is 23.8 Å². The Morgan fingerprint density at radius 1 is 1.00 bits per heavy atom. The molecule has 2 heterocycles. The van der Waals surface area contributed by atoms with Crippen LogP contribution in [0, 0.1) is 31.0 Å². The van der Waals surface area contributed by atoms with E-state index in [1.807, 2.05) is 30.3 Å². The van der Waals surface area contributed by atoms with Gasteiger partial charge in [0.15, 0.2) is 0 Å². The summed E-state index contributed by atoms with van der Waals surface area (Å²) in [6.07, 6.45) is 1.75. The number of hydrogen-bond donors (Lipinski definition) is 0. The molecule has 4 aromatic rings. The van der Waals surface area contributed by atoms with Crippen LogP contribution < -0.4 is 4.74 Å². The number of rotatable bonds is 5. The van der Waals surface area contributed by atoms with Crippen molar-refractivity contribution in [2.24, 2.45) is 0 Å². The molecule has 0 bridgehead atoms. The lowest BCUT2D eigenvalue weighted by Gasteiger charge is -2.12. The second kappa shape index (κ2) is 8.98. The fraction of sp³-hybridized carbons (Fsp3) is 0.167. The first-order chi connectivity index (χ1) is 14.1. The summed E-state index contributed by atoms with van der Waals surface area (Å²) in [5, 5.41) is 10.1. The number of aryl methyl sites for hydroxylation is 1. The van der Waals surface area contributed by atoms with Crippen LogP contribution >= 0.6 is 12.4 Å². The van der Waals surface area contributed by atoms with Crippen molar-refractivity contribution >= 4 is 23.3 Å². The molecule has 0 N–H and O–H groups in total. The predicted molar refractivity (Wildman–Crippen MR) is 117 cm³/mol. The van der Waals surface area contributed by atoms with E-state index >= 15 is 0 Å². The molecule has 0 aliphatic carbocycles. The molecule has 152 valence electrons. The Morgan fingerprint density at radius 3 is 2.33 bits per heavy atom. The van der Waals surface area contributed by atoms with Crippen LogP contribution in [0.25, 0.3) is 10.9 Å². The highest BCUT2D eigenvalue weighted by Crippen LogP contribution is 2.32. The third-order valence-corrected chi connectivity index (χ3v) is 5.22. The van der Waals surface area contributed by atoms with Crippen LogP contribution in [0.15, 0.2) is 60.8 Å². The highest BCUT2D eigenvalue weighted by molar-refractivity contribution is 5.89. The normalized spacial score (nSPS) is 10.5. The highest BCUT2D eigenvalue weighted by atomic mass is 35.5. The molecule has 0 amide bonds. The Kier molecular flexibility index (Phi) is 6.39. The average molecular weight is 422 g/mol. The summed E-state index contributed by atoms with van der Waals surface area (Å²) in [5.74, 6) is 0.285. The van der Waals surface area contributed by atoms with Gasteiger partial charge in [-0.1, -0.05) is 24.3 Å². The van der Waals surface area contributed by atoms with Gasteiger partial charge in [-0.05, 0) is 60.9 Å². The van der Waals surface area contributed by atoms with Gasteiger partial charge >= 0.3 is 0 Å². The molecule has 4 nitrogen and oxygen atoms in total. The predicted octanol–water partition coefficient (Wildman–Crippen LogP) is 5.71. The first-order valence-corrected chi connectivity index (χ1v) is 9.37. The molecule has 0 fully saturated rings. The maximum Gasteiger partial charge on any atom is 0.238 e. The maximum atomic E-state index is 13.1. The van der Waals surface area contributed by atoms with E-state index in [2.05, 4.69) is 29.5 Å². The Bertz CT molecular complexity index is 1210. The van der Waals surface area contributed by atoms with Gasteiger partial charge in [0.1, 0.15) is 17.9 Å². The fourth-order valence-corrected chi connectivity index (χ4v) is 3.47. The zero-order chi connectivity index (χ0) is 20.4. The van der Waals surface area contributed by atoms with Crippen molar-refractivity contribution in [3.05, 3.63) is 94.6 Å². The van der Waals surface area contributed by atoms with Crippen molar-refractivity contribution in [2.75, 3.05) is 0 Å². The Morgan fingerprint density at radius 2 is 1.67 bits per heavy atom. The summed E-state index contributed by atoms with van der Waals surface area (Å²) in [4.78, 5) is 4.46. The van der Waals surface area contributed by atoms with Crippen molar-refractivity contribution in [3.63, 3.8) is 0 Å². The van der Waals surface area contributed by atoms with Gasteiger partial charge in [0.2, 0.25) is 5.88 Å². The zero-order valence-corrected chi connectivity index (χ0v) is 17.5. The monoisotopic (exact) mass is 421 g/mol. The molecule has 30 heavy (non-hydrogen) atoms. The van der Waals surface area contributed by atoms with Crippen molar-refractivity contribution in [3.8, 4) is 11.9 Å². The van der Waals surface area contributed by atoms with E-state index in [0.29, 0.717) is 24.6 Å². The maximum absolute atomic E-state index is 13.1. The number of aromatic nitrogens is 2. The second-order valence-corrected chi connectivity index (χ2v) is 7.03. The minimum absolute atomic E-state index is 0. The molecule has 0 spiro atoms. The average Bonchev–Trinajstić information content (AvgIpc) is 2.99. The summed E-state index contributed by atoms with van der Waals surface area (Å²) in [7, 11) is 0. The van der Waals surface area contributed by atoms with Gasteiger partial charge in [0.25, 0.3) is 0 Å². The van der Waals surface area contributed by atoms with Gasteiger partial charge in [0.05, 0.1) is 11.6 Å². The highest BCUT2D eigenvalue weighted by Gasteiger charge is 2.16. The lowest BCUT2D eigenvalue weighted by molar-refractivity contribution is 0.296. The number of halogens is 2. The molecule has 0 atom stereocenters. The smallest absolute Gasteiger partial charge is 0.238 e. The molecule has 2 aromatic heterocycles. The van der Waals surface area contributed by atoms with Crippen molar-refractivity contribution < 1.29 is 9.13 Å². The van der Waals surface area contributed by atoms with Crippen LogP contribution in [0.1, 0.15) is 27.9 Å². The van der Waals surface area contributed by atoms with E-state index in [-0.39, 0.29) is 18.2 Å². The second-order valence-electron chi connectivity index (χ2n) is 7.03. The zero-order valence-electron chi connectivity index (χ0n) is 16.7. The number of pyridine rings is 1. The molecule has 4 rings (SSSR count). The van der Waals surface area contributed by atoms with E-state index in [4.69, 9.17) is 10.00 Å². The summed E-state index contributed by atoms with van der Waals surface area (Å²) in [5.41, 5.74) is 5.88. The quantitative estimate of drug-likeness (QED) is 0.414. The van der Waals surface area contributed by atoms with Crippen LogP contribution in [0.3, 0.4) is 0 Å². The Labute approximate surface area is 181 Å². The molecule has 2 aromatic carbocycles. The number of nitriles is 1. The molecule has 6 heteroatoms. The lowest BCUT2D eigenvalue weighted by atomic mass is 10.1. The SMILES string of the molecule is Cc1c(C)n(Cc2ccc(C#N)cc2)c2c(OCc3ccc(F)cc3)nccc12.Cl. The third-order valence-electron chi connectivity index (χ3n) is 5.22. The van der Waals surface area contributed by atoms with Gasteiger partial charge < -0.3 is 9.30 Å². The van der Waals surface area contributed by atoms with E-state index in [9.17, 15) is 4.39 Å². The minimum atomic E-state index is -0.267. The topological polar surface area (TPSA) is 50.8 Å². The summed E-state index contributed by atoms with van der Waals surface area (Å²) in [6, 6.07) is 18.0. The molecular weight excluding hydrogens is 401 g/mol. The number of nitrogens with zero attached hydrogens (tertiary/aromatic N) is 3. The van der Waals surface area contributed by atoms with Crippen LogP contribution in [-0.2, 0) is 13.2 Å². The van der Waals surface area contributed by atoms with Gasteiger partial charge in [-0.25, -0.2) is 9.37 Å². The molecule has 0 radical (unpaired) electrons. The molecule has 0 aliphatic rings. The summed E-state index contributed by atoms with van der Waals surface area (Å²) in [6.45, 7) is 5.15. The number of benzene rings is 2. The van der Waals surface area contributed by atoms with E-state index in [1.54, 1.807) is 18.3 Å². The lowest BCUT2D eigenvalue weighted by Crippen LogP contribution is -2.05. The number of hydrogen-bond acceptors (Lipinski definition) is 3. The van der Waals surface area contributed by atoms with E-state index in [1.165, 1.54) is 17.7 Å². The van der Waals surface area contributed by atoms with Gasteiger partial charge in [-0.2, -0.15) is 5.26 Å². The fourth-order valence-electron chi connectivity index (χ4n) is 3.47. The Balaban J connectivity index is 0.00000256. The van der Waals surface area contributed by atoms with Crippen molar-refractivity contribution in [1.82, 2.24) is 9.55 Å². The number of fused-ring (bicyclic) bond motifs is 1. The van der Waals surface area contributed by atoms with E-state index in [0.717, 1.165) is 27.7 Å². The molecule has 0 saturated carbocycles. The first-order valence-electron chi connectivity index (χ1n) is 9.37. The van der Waals surface area contributed by atoms with E-state index < -0.39 is 0 Å². The molecule has 0 unspecified atom stereocenters. The van der Waals surface area contributed by atoms with Crippen LogP contribution in [0.2, 0.25) is 0 Å². The standard InChI is InChI=1S/C24H20FN3O.ClH/c1-16-17(2)28(14-19-5-3-18(13-26)4-6-19)23-22(16)11-12-27-24(23)29-15-20-7-9-21(25)10-8-20;/h3-12H,14-15H2,1-2H3;1H. The van der Waals surface area contributed by atoms with Crippen molar-refractivity contribution in [2.45, 2.75) is 27.0 Å². The minimum Gasteiger partial charge on any atom is -0.471 e. The van der Waals surface area contributed by atoms with Gasteiger partial charge in [-0.15, -0.1) is 12.4 Å². The Hall–Kier alpha value is -3.36. The molecule has 0 saturated heterocycles. The molecule has 0 aliphatic heterocycles. The summed E-state index contributed by atoms with van der Waals surface area (Å²) < 4.78 is 21.4. The first kappa shape index (κ1) is 21.4. The van der Waals surface area contributed by atoms with Crippen molar-refractivity contribution in [1.29, 1.82) is 5.26 Å². The summed E-state index contributed by atoms with van der Waals surface area (Å²) >= 11 is 0. The molecular formula is C24H21ClFN3O. The third kappa shape index (κ3) is 4.14. The van der Waals surface area contributed by atoms with Gasteiger partial charge in [-0.3, -0.25) is 0 Å². The van der Waals surface area contributed by atoms with Crippen LogP contribution in [-0.4, -0.2) is 9.55 Å². The van der Waals surface area contributed by atoms with Crippen LogP contribution in [0.5, 0.6) is 5.88 Å². The number of ether oxygens (including phenoxy) is 1.